The zero-order chi connectivity index (χ0) is 26.0. The van der Waals surface area contributed by atoms with Gasteiger partial charge in [0.05, 0.1) is 22.8 Å². The fourth-order valence-corrected chi connectivity index (χ4v) is 7.68. The molecule has 1 aliphatic carbocycles. The van der Waals surface area contributed by atoms with Crippen LogP contribution in [-0.4, -0.2) is 70.4 Å². The number of likely N-dealkylation sites (tertiary alicyclic amines) is 2. The van der Waals surface area contributed by atoms with Crippen molar-refractivity contribution in [3.63, 3.8) is 0 Å². The average Bonchev–Trinajstić information content (AvgIpc) is 3.70. The van der Waals surface area contributed by atoms with Crippen molar-refractivity contribution < 1.29 is 14.4 Å². The van der Waals surface area contributed by atoms with Crippen LogP contribution in [0.15, 0.2) is 42.6 Å². The van der Waals surface area contributed by atoms with Crippen molar-refractivity contribution in [1.29, 1.82) is 0 Å². The van der Waals surface area contributed by atoms with Crippen LogP contribution in [0, 0.1) is 11.8 Å². The minimum Gasteiger partial charge on any atom is -0.341 e. The molecule has 4 aliphatic rings. The predicted molar refractivity (Wildman–Crippen MR) is 144 cm³/mol. The molecule has 1 aromatic heterocycles. The Bertz CT molecular complexity index is 1450. The van der Waals surface area contributed by atoms with E-state index < -0.39 is 5.41 Å². The van der Waals surface area contributed by atoms with Crippen LogP contribution in [0.2, 0.25) is 5.02 Å². The Hall–Kier alpha value is -3.39. The zero-order valence-electron chi connectivity index (χ0n) is 21.2. The number of rotatable bonds is 3. The molecule has 38 heavy (non-hydrogen) atoms. The van der Waals surface area contributed by atoms with E-state index in [1.165, 1.54) is 19.3 Å². The molecule has 1 spiro atoms. The van der Waals surface area contributed by atoms with E-state index in [2.05, 4.69) is 10.2 Å². The van der Waals surface area contributed by atoms with Crippen LogP contribution < -0.4 is 4.90 Å². The number of nitrogens with zero attached hydrogens (tertiary/aromatic N) is 4. The van der Waals surface area contributed by atoms with Gasteiger partial charge in [-0.25, -0.2) is 0 Å². The maximum Gasteiger partial charge on any atom is 0.253 e. The van der Waals surface area contributed by atoms with Crippen LogP contribution in [0.25, 0.3) is 10.9 Å². The summed E-state index contributed by atoms with van der Waals surface area (Å²) < 4.78 is 0. The number of nitrogens with one attached hydrogen (secondary N) is 1. The van der Waals surface area contributed by atoms with Gasteiger partial charge in [-0.3, -0.25) is 19.5 Å². The number of fused-ring (bicyclic) bond motifs is 4. The highest BCUT2D eigenvalue weighted by Gasteiger charge is 2.54. The summed E-state index contributed by atoms with van der Waals surface area (Å²) in [6.45, 7) is 2.54. The van der Waals surface area contributed by atoms with Gasteiger partial charge in [-0.1, -0.05) is 24.1 Å². The van der Waals surface area contributed by atoms with Crippen LogP contribution in [0.4, 0.5) is 5.69 Å². The quantitative estimate of drug-likeness (QED) is 0.553. The van der Waals surface area contributed by atoms with Gasteiger partial charge in [-0.2, -0.15) is 5.10 Å². The molecule has 3 aliphatic heterocycles. The van der Waals surface area contributed by atoms with Gasteiger partial charge in [0.15, 0.2) is 0 Å². The summed E-state index contributed by atoms with van der Waals surface area (Å²) in [5, 5.41) is 8.38. The number of H-pyrrole nitrogens is 1. The minimum atomic E-state index is -0.819. The molecule has 1 saturated carbocycles. The third kappa shape index (κ3) is 3.56. The molecule has 7 rings (SSSR count). The Kier molecular flexibility index (Phi) is 5.51. The number of aromatic amines is 1. The van der Waals surface area contributed by atoms with Crippen molar-refractivity contribution in [3.05, 3.63) is 58.7 Å². The first-order valence-electron chi connectivity index (χ1n) is 13.6. The second-order valence-corrected chi connectivity index (χ2v) is 11.7. The van der Waals surface area contributed by atoms with E-state index in [4.69, 9.17) is 11.6 Å². The molecular formula is C29H30ClN5O3. The molecule has 8 nitrogen and oxygen atoms in total. The first-order valence-corrected chi connectivity index (χ1v) is 13.9. The van der Waals surface area contributed by atoms with Crippen LogP contribution in [0.3, 0.4) is 0 Å². The van der Waals surface area contributed by atoms with Gasteiger partial charge >= 0.3 is 0 Å². The average molecular weight is 532 g/mol. The van der Waals surface area contributed by atoms with Crippen LogP contribution in [0.1, 0.15) is 48.0 Å². The van der Waals surface area contributed by atoms with Gasteiger partial charge in [0.1, 0.15) is 6.54 Å². The number of aromatic nitrogens is 2. The van der Waals surface area contributed by atoms with Crippen molar-refractivity contribution in [2.45, 2.75) is 37.5 Å². The van der Waals surface area contributed by atoms with Crippen molar-refractivity contribution >= 4 is 45.9 Å². The maximum absolute atomic E-state index is 14.1. The highest BCUT2D eigenvalue weighted by molar-refractivity contribution is 6.33. The number of anilines is 1. The Labute approximate surface area is 225 Å². The monoisotopic (exact) mass is 531 g/mol. The normalized spacial score (nSPS) is 23.9. The third-order valence-electron chi connectivity index (χ3n) is 9.38. The fourth-order valence-electron chi connectivity index (χ4n) is 7.33. The summed E-state index contributed by atoms with van der Waals surface area (Å²) in [4.78, 5) is 46.2. The smallest absolute Gasteiger partial charge is 0.253 e. The topological polar surface area (TPSA) is 89.6 Å². The lowest BCUT2D eigenvalue weighted by Gasteiger charge is -2.39. The number of carbonyl (C=O) groups is 3. The predicted octanol–water partition coefficient (Wildman–Crippen LogP) is 4.00. The Morgan fingerprint density at radius 2 is 1.82 bits per heavy atom. The zero-order valence-corrected chi connectivity index (χ0v) is 21.9. The second kappa shape index (κ2) is 8.83. The van der Waals surface area contributed by atoms with Crippen molar-refractivity contribution in [1.82, 2.24) is 20.0 Å². The summed E-state index contributed by atoms with van der Waals surface area (Å²) in [7, 11) is 0. The van der Waals surface area contributed by atoms with E-state index in [1.807, 2.05) is 40.1 Å². The number of hydrogen-bond donors (Lipinski definition) is 1. The number of carbonyl (C=O) groups excluding carboxylic acids is 3. The molecule has 3 fully saturated rings. The van der Waals surface area contributed by atoms with E-state index >= 15 is 0 Å². The Morgan fingerprint density at radius 3 is 2.58 bits per heavy atom. The molecule has 4 heterocycles. The Morgan fingerprint density at radius 1 is 1.05 bits per heavy atom. The van der Waals surface area contributed by atoms with E-state index in [-0.39, 0.29) is 24.3 Å². The SMILES string of the molecule is O=C(CN1C(=O)C2(CCN(C(=O)c3ccc4[nH]ncc4c3)CC2)c2c(Cl)cccc21)N1CC2CCCC2C1. The fraction of sp³-hybridized carbons (Fsp3) is 0.448. The first kappa shape index (κ1) is 23.7. The molecule has 0 radical (unpaired) electrons. The number of halogens is 1. The van der Waals surface area contributed by atoms with Gasteiger partial charge in [0, 0.05) is 47.7 Å². The molecule has 2 atom stereocenters. The first-order chi connectivity index (χ1) is 18.4. The van der Waals surface area contributed by atoms with Gasteiger partial charge in [-0.05, 0) is 67.9 Å². The molecule has 196 valence electrons. The molecule has 1 N–H and O–H groups in total. The molecule has 9 heteroatoms. The third-order valence-corrected chi connectivity index (χ3v) is 9.69. The molecule has 2 saturated heterocycles. The molecule has 0 bridgehead atoms. The highest BCUT2D eigenvalue weighted by atomic mass is 35.5. The van der Waals surface area contributed by atoms with Gasteiger partial charge < -0.3 is 14.7 Å². The summed E-state index contributed by atoms with van der Waals surface area (Å²) >= 11 is 6.73. The van der Waals surface area contributed by atoms with E-state index in [1.54, 1.807) is 17.2 Å². The van der Waals surface area contributed by atoms with E-state index in [9.17, 15) is 14.4 Å². The van der Waals surface area contributed by atoms with E-state index in [0.29, 0.717) is 48.4 Å². The van der Waals surface area contributed by atoms with Gasteiger partial charge in [0.25, 0.3) is 5.91 Å². The molecule has 3 aromatic rings. The summed E-state index contributed by atoms with van der Waals surface area (Å²) in [6.07, 6.45) is 6.31. The lowest BCUT2D eigenvalue weighted by atomic mass is 9.73. The summed E-state index contributed by atoms with van der Waals surface area (Å²) in [5.41, 5.74) is 2.22. The summed E-state index contributed by atoms with van der Waals surface area (Å²) in [5.74, 6) is 1.10. The van der Waals surface area contributed by atoms with Crippen LogP contribution in [0.5, 0.6) is 0 Å². The molecule has 2 unspecified atom stereocenters. The van der Waals surface area contributed by atoms with Crippen LogP contribution >= 0.6 is 11.6 Å². The van der Waals surface area contributed by atoms with Gasteiger partial charge in [0.2, 0.25) is 11.8 Å². The van der Waals surface area contributed by atoms with E-state index in [0.717, 1.165) is 35.2 Å². The number of amides is 3. The lowest BCUT2D eigenvalue weighted by Crippen LogP contribution is -2.51. The highest BCUT2D eigenvalue weighted by Crippen LogP contribution is 2.51. The Balaban J connectivity index is 1.11. The van der Waals surface area contributed by atoms with Crippen molar-refractivity contribution in [3.8, 4) is 0 Å². The largest absolute Gasteiger partial charge is 0.341 e. The van der Waals surface area contributed by atoms with Crippen molar-refractivity contribution in [2.75, 3.05) is 37.6 Å². The number of piperidine rings is 1. The standard InChI is InChI=1S/C29H30ClN5O3/c30-22-5-2-6-24-26(22)29(28(38)35(24)17-25(36)34-15-19-3-1-4-20(19)16-34)9-11-33(12-10-29)27(37)18-7-8-23-21(13-18)14-31-32-23/h2,5-8,13-14,19-20H,1,3-4,9-12,15-17H2,(H,31,32). The number of hydrogen-bond acceptors (Lipinski definition) is 4. The second-order valence-electron chi connectivity index (χ2n) is 11.3. The number of benzene rings is 2. The molecule has 2 aromatic carbocycles. The maximum atomic E-state index is 14.1. The lowest BCUT2D eigenvalue weighted by molar-refractivity contribution is -0.132. The van der Waals surface area contributed by atoms with Crippen LogP contribution in [-0.2, 0) is 15.0 Å². The molecular weight excluding hydrogens is 502 g/mol. The van der Waals surface area contributed by atoms with Gasteiger partial charge in [-0.15, -0.1) is 0 Å². The summed E-state index contributed by atoms with van der Waals surface area (Å²) in [6, 6.07) is 11.1. The van der Waals surface area contributed by atoms with Crippen molar-refractivity contribution in [2.24, 2.45) is 11.8 Å². The minimum absolute atomic E-state index is 0.0120. The molecule has 3 amide bonds.